The van der Waals surface area contributed by atoms with Crippen LogP contribution in [0.5, 0.6) is 0 Å². The monoisotopic (exact) mass is 195 g/mol. The molecule has 1 atom stereocenters. The van der Waals surface area contributed by atoms with E-state index in [2.05, 4.69) is 10.4 Å². The van der Waals surface area contributed by atoms with Crippen molar-refractivity contribution in [2.45, 2.75) is 24.8 Å². The molecule has 14 heavy (non-hydrogen) atoms. The summed E-state index contributed by atoms with van der Waals surface area (Å²) >= 11 is 0. The number of nitrogens with one attached hydrogen (secondary N) is 1. The summed E-state index contributed by atoms with van der Waals surface area (Å²) in [5.74, 6) is 0. The van der Waals surface area contributed by atoms with Gasteiger partial charge in [-0.25, -0.2) is 0 Å². The number of hydrogen-bond acceptors (Lipinski definition) is 3. The van der Waals surface area contributed by atoms with Crippen molar-refractivity contribution in [3.05, 3.63) is 18.0 Å². The third-order valence-electron chi connectivity index (χ3n) is 2.92. The van der Waals surface area contributed by atoms with Gasteiger partial charge >= 0.3 is 0 Å². The zero-order chi connectivity index (χ0) is 10.0. The highest BCUT2D eigenvalue weighted by molar-refractivity contribution is 5.08. The molecule has 1 aliphatic rings. The molecule has 1 aliphatic heterocycles. The molecule has 2 heterocycles. The van der Waals surface area contributed by atoms with Crippen LogP contribution >= 0.6 is 0 Å². The largest absolute Gasteiger partial charge is 0.394 e. The summed E-state index contributed by atoms with van der Waals surface area (Å²) in [6, 6.07) is 2.01. The van der Waals surface area contributed by atoms with Crippen LogP contribution in [0.25, 0.3) is 0 Å². The van der Waals surface area contributed by atoms with Gasteiger partial charge in [-0.1, -0.05) is 0 Å². The summed E-state index contributed by atoms with van der Waals surface area (Å²) in [4.78, 5) is 0. The first-order chi connectivity index (χ1) is 6.74. The van der Waals surface area contributed by atoms with Gasteiger partial charge in [-0.05, 0) is 25.5 Å². The van der Waals surface area contributed by atoms with Gasteiger partial charge in [0.2, 0.25) is 0 Å². The van der Waals surface area contributed by atoms with Crippen LogP contribution in [0.15, 0.2) is 12.3 Å². The Hall–Kier alpha value is -0.870. The summed E-state index contributed by atoms with van der Waals surface area (Å²) in [5, 5.41) is 17.1. The Morgan fingerprint density at radius 3 is 3.07 bits per heavy atom. The zero-order valence-corrected chi connectivity index (χ0v) is 8.53. The van der Waals surface area contributed by atoms with Gasteiger partial charge in [0, 0.05) is 25.2 Å². The van der Waals surface area contributed by atoms with Crippen LogP contribution in [-0.4, -0.2) is 33.6 Å². The van der Waals surface area contributed by atoms with Crippen molar-refractivity contribution in [2.75, 3.05) is 13.2 Å². The lowest BCUT2D eigenvalue weighted by molar-refractivity contribution is 0.176. The molecule has 0 saturated carbocycles. The number of aliphatic hydroxyl groups excluding tert-OH is 1. The molecular weight excluding hydrogens is 178 g/mol. The second kappa shape index (κ2) is 3.71. The van der Waals surface area contributed by atoms with E-state index in [1.54, 1.807) is 4.68 Å². The molecule has 1 unspecified atom stereocenters. The van der Waals surface area contributed by atoms with Crippen molar-refractivity contribution < 1.29 is 5.11 Å². The van der Waals surface area contributed by atoms with Crippen molar-refractivity contribution in [3.8, 4) is 0 Å². The van der Waals surface area contributed by atoms with Crippen LogP contribution in [0.2, 0.25) is 0 Å². The number of hydrogen-bond donors (Lipinski definition) is 2. The van der Waals surface area contributed by atoms with Crippen LogP contribution < -0.4 is 5.32 Å². The fraction of sp³-hybridized carbons (Fsp3) is 0.700. The first-order valence-corrected chi connectivity index (χ1v) is 5.09. The molecule has 1 aromatic heterocycles. The fourth-order valence-electron chi connectivity index (χ4n) is 2.11. The minimum atomic E-state index is -0.117. The third-order valence-corrected chi connectivity index (χ3v) is 2.92. The predicted octanol–water partition coefficient (Wildman–Crippen LogP) is 0.0771. The Balaban J connectivity index is 2.08. The van der Waals surface area contributed by atoms with Gasteiger partial charge in [0.1, 0.15) is 0 Å². The molecular formula is C10H17N3O. The summed E-state index contributed by atoms with van der Waals surface area (Å²) in [6.45, 7) is 1.21. The molecule has 0 amide bonds. The molecule has 78 valence electrons. The second-order valence-electron chi connectivity index (χ2n) is 4.13. The topological polar surface area (TPSA) is 50.1 Å². The lowest BCUT2D eigenvalue weighted by Gasteiger charge is -2.25. The lowest BCUT2D eigenvalue weighted by atomic mass is 9.93. The summed E-state index contributed by atoms with van der Waals surface area (Å²) < 4.78 is 1.80. The number of aliphatic hydroxyl groups is 1. The zero-order valence-electron chi connectivity index (χ0n) is 8.53. The van der Waals surface area contributed by atoms with Crippen LogP contribution in [0.1, 0.15) is 18.5 Å². The van der Waals surface area contributed by atoms with Gasteiger partial charge in [-0.15, -0.1) is 0 Å². The average molecular weight is 195 g/mol. The molecule has 0 spiro atoms. The first kappa shape index (κ1) is 9.68. The highest BCUT2D eigenvalue weighted by Gasteiger charge is 2.33. The molecule has 1 fully saturated rings. The number of aryl methyl sites for hydroxylation is 1. The maximum atomic E-state index is 9.39. The van der Waals surface area contributed by atoms with E-state index >= 15 is 0 Å². The highest BCUT2D eigenvalue weighted by atomic mass is 16.3. The van der Waals surface area contributed by atoms with Gasteiger partial charge in [-0.2, -0.15) is 5.10 Å². The Morgan fingerprint density at radius 2 is 2.57 bits per heavy atom. The van der Waals surface area contributed by atoms with E-state index in [1.165, 1.54) is 0 Å². The minimum absolute atomic E-state index is 0.117. The van der Waals surface area contributed by atoms with Gasteiger partial charge in [0.15, 0.2) is 0 Å². The number of aromatic nitrogens is 2. The lowest BCUT2D eigenvalue weighted by Crippen LogP contribution is -2.45. The summed E-state index contributed by atoms with van der Waals surface area (Å²) in [6.07, 6.45) is 4.95. The quantitative estimate of drug-likeness (QED) is 0.718. The van der Waals surface area contributed by atoms with Gasteiger partial charge in [0.25, 0.3) is 0 Å². The van der Waals surface area contributed by atoms with Crippen molar-refractivity contribution >= 4 is 0 Å². The van der Waals surface area contributed by atoms with Crippen LogP contribution in [-0.2, 0) is 13.5 Å². The third kappa shape index (κ3) is 1.81. The molecule has 0 radical (unpaired) electrons. The van der Waals surface area contributed by atoms with Crippen molar-refractivity contribution in [1.29, 1.82) is 0 Å². The molecule has 4 nitrogen and oxygen atoms in total. The minimum Gasteiger partial charge on any atom is -0.394 e. The maximum Gasteiger partial charge on any atom is 0.0643 e. The standard InChI is InChI=1S/C10H17N3O/c1-13-6-3-9(12-13)7-10(8-14)4-2-5-11-10/h3,6,11,14H,2,4-5,7-8H2,1H3. The van der Waals surface area contributed by atoms with Crippen LogP contribution in [0.4, 0.5) is 0 Å². The van der Waals surface area contributed by atoms with Gasteiger partial charge in [-0.3, -0.25) is 4.68 Å². The Morgan fingerprint density at radius 1 is 1.71 bits per heavy atom. The predicted molar refractivity (Wildman–Crippen MR) is 54.0 cm³/mol. The van der Waals surface area contributed by atoms with Gasteiger partial charge < -0.3 is 10.4 Å². The molecule has 4 heteroatoms. The first-order valence-electron chi connectivity index (χ1n) is 5.09. The van der Waals surface area contributed by atoms with Crippen LogP contribution in [0.3, 0.4) is 0 Å². The summed E-state index contributed by atoms with van der Waals surface area (Å²) in [5.41, 5.74) is 0.935. The molecule has 2 rings (SSSR count). The molecule has 1 aromatic rings. The van der Waals surface area contributed by atoms with E-state index in [4.69, 9.17) is 0 Å². The van der Waals surface area contributed by atoms with E-state index < -0.39 is 0 Å². The number of rotatable bonds is 3. The van der Waals surface area contributed by atoms with E-state index in [-0.39, 0.29) is 12.1 Å². The van der Waals surface area contributed by atoms with Crippen molar-refractivity contribution in [1.82, 2.24) is 15.1 Å². The van der Waals surface area contributed by atoms with Crippen LogP contribution in [0, 0.1) is 0 Å². The number of nitrogens with zero attached hydrogens (tertiary/aromatic N) is 2. The van der Waals surface area contributed by atoms with E-state index in [0.29, 0.717) is 0 Å². The molecule has 0 bridgehead atoms. The van der Waals surface area contributed by atoms with Crippen molar-refractivity contribution in [3.63, 3.8) is 0 Å². The Labute approximate surface area is 83.9 Å². The van der Waals surface area contributed by atoms with E-state index in [0.717, 1.165) is 31.5 Å². The smallest absolute Gasteiger partial charge is 0.0643 e. The Kier molecular flexibility index (Phi) is 2.56. The van der Waals surface area contributed by atoms with E-state index in [1.807, 2.05) is 19.3 Å². The normalized spacial score (nSPS) is 27.0. The maximum absolute atomic E-state index is 9.39. The fourth-order valence-corrected chi connectivity index (χ4v) is 2.11. The molecule has 2 N–H and O–H groups in total. The summed E-state index contributed by atoms with van der Waals surface area (Å²) in [7, 11) is 1.91. The molecule has 0 aliphatic carbocycles. The average Bonchev–Trinajstić information content (AvgIpc) is 2.77. The Bertz CT molecular complexity index is 302. The van der Waals surface area contributed by atoms with Gasteiger partial charge in [0.05, 0.1) is 12.3 Å². The molecule has 0 aromatic carbocycles. The second-order valence-corrected chi connectivity index (χ2v) is 4.13. The van der Waals surface area contributed by atoms with E-state index in [9.17, 15) is 5.11 Å². The SMILES string of the molecule is Cn1ccc(CC2(CO)CCCN2)n1. The van der Waals surface area contributed by atoms with Crippen molar-refractivity contribution in [2.24, 2.45) is 7.05 Å². The molecule has 1 saturated heterocycles. The highest BCUT2D eigenvalue weighted by Crippen LogP contribution is 2.22.